The van der Waals surface area contributed by atoms with Crippen molar-refractivity contribution >= 4 is 16.7 Å². The zero-order valence-corrected chi connectivity index (χ0v) is 8.02. The zero-order chi connectivity index (χ0) is 10.8. The van der Waals surface area contributed by atoms with Gasteiger partial charge in [0.2, 0.25) is 0 Å². The average molecular weight is 204 g/mol. The minimum Gasteiger partial charge on any atom is -0.465 e. The molecule has 4 heteroatoms. The molecule has 2 rings (SSSR count). The Bertz CT molecular complexity index is 568. The Morgan fingerprint density at radius 2 is 1.93 bits per heavy atom. The Morgan fingerprint density at radius 1 is 1.27 bits per heavy atom. The van der Waals surface area contributed by atoms with Gasteiger partial charge in [0.05, 0.1) is 12.5 Å². The van der Waals surface area contributed by atoms with Gasteiger partial charge in [-0.3, -0.25) is 0 Å². The fraction of sp³-hybridized carbons (Fsp3) is 0.0909. The topological polar surface area (TPSA) is 56.5 Å². The van der Waals surface area contributed by atoms with E-state index in [-0.39, 0.29) is 5.56 Å². The minimum absolute atomic E-state index is 0.257. The molecule has 0 N–H and O–H groups in total. The highest BCUT2D eigenvalue weighted by Gasteiger charge is 2.12. The number of carbonyl (C=O) groups excluding carboxylic acids is 1. The van der Waals surface area contributed by atoms with E-state index >= 15 is 0 Å². The van der Waals surface area contributed by atoms with Crippen LogP contribution in [0.2, 0.25) is 0 Å². The van der Waals surface area contributed by atoms with Crippen LogP contribution in [0.5, 0.6) is 0 Å². The summed E-state index contributed by atoms with van der Waals surface area (Å²) in [7, 11) is 1.28. The number of esters is 1. The number of carbonyl (C=O) groups is 1. The van der Waals surface area contributed by atoms with Crippen LogP contribution in [0, 0.1) is 0 Å². The molecular formula is C11H8O4. The third-order valence-electron chi connectivity index (χ3n) is 2.13. The molecule has 76 valence electrons. The molecule has 0 saturated heterocycles. The summed E-state index contributed by atoms with van der Waals surface area (Å²) in [5.74, 6) is -0.519. The van der Waals surface area contributed by atoms with Crippen LogP contribution in [0.4, 0.5) is 0 Å². The molecule has 0 saturated carbocycles. The zero-order valence-electron chi connectivity index (χ0n) is 8.02. The van der Waals surface area contributed by atoms with E-state index < -0.39 is 11.6 Å². The van der Waals surface area contributed by atoms with Crippen molar-refractivity contribution in [2.45, 2.75) is 0 Å². The van der Waals surface area contributed by atoms with Crippen LogP contribution >= 0.6 is 0 Å². The highest BCUT2D eigenvalue weighted by molar-refractivity contribution is 6.03. The summed E-state index contributed by atoms with van der Waals surface area (Å²) in [5, 5.41) is 0.918. The molecule has 0 bridgehead atoms. The van der Waals surface area contributed by atoms with Crippen LogP contribution < -0.4 is 5.63 Å². The minimum atomic E-state index is -0.519. The third kappa shape index (κ3) is 1.50. The highest BCUT2D eigenvalue weighted by Crippen LogP contribution is 2.15. The summed E-state index contributed by atoms with van der Waals surface area (Å²) < 4.78 is 9.32. The first-order chi connectivity index (χ1) is 7.24. The normalized spacial score (nSPS) is 10.2. The lowest BCUT2D eigenvalue weighted by atomic mass is 10.1. The van der Waals surface area contributed by atoms with Gasteiger partial charge < -0.3 is 9.15 Å². The standard InChI is InChI=1S/C11H8O4/c1-14-10(12)9-6-15-11(13)8-5-3-2-4-7(8)9/h2-6H,1H3. The quantitative estimate of drug-likeness (QED) is 0.662. The smallest absolute Gasteiger partial charge is 0.343 e. The van der Waals surface area contributed by atoms with Gasteiger partial charge in [-0.2, -0.15) is 0 Å². The van der Waals surface area contributed by atoms with Crippen LogP contribution in [0.15, 0.2) is 39.7 Å². The SMILES string of the molecule is COC(=O)c1coc(=O)c2ccccc12. The van der Waals surface area contributed by atoms with Crippen molar-refractivity contribution in [3.8, 4) is 0 Å². The van der Waals surface area contributed by atoms with E-state index in [1.807, 2.05) is 0 Å². The second-order valence-corrected chi connectivity index (χ2v) is 2.97. The van der Waals surface area contributed by atoms with Crippen LogP contribution in [0.3, 0.4) is 0 Å². The molecule has 0 unspecified atom stereocenters. The molecule has 1 heterocycles. The van der Waals surface area contributed by atoms with E-state index in [9.17, 15) is 9.59 Å². The van der Waals surface area contributed by atoms with Gasteiger partial charge in [-0.25, -0.2) is 9.59 Å². The predicted molar refractivity (Wildman–Crippen MR) is 53.8 cm³/mol. The number of hydrogen-bond acceptors (Lipinski definition) is 4. The number of hydrogen-bond donors (Lipinski definition) is 0. The fourth-order valence-electron chi connectivity index (χ4n) is 1.40. The van der Waals surface area contributed by atoms with E-state index in [0.29, 0.717) is 10.8 Å². The Labute approximate surface area is 85.1 Å². The summed E-state index contributed by atoms with van der Waals surface area (Å²) in [4.78, 5) is 22.7. The molecule has 0 aliphatic heterocycles. The summed E-state index contributed by atoms with van der Waals surface area (Å²) in [6.45, 7) is 0. The Kier molecular flexibility index (Phi) is 2.25. The molecule has 4 nitrogen and oxygen atoms in total. The van der Waals surface area contributed by atoms with E-state index in [4.69, 9.17) is 4.42 Å². The maximum absolute atomic E-state index is 11.4. The van der Waals surface area contributed by atoms with Gasteiger partial charge in [0.1, 0.15) is 11.8 Å². The lowest BCUT2D eigenvalue weighted by molar-refractivity contribution is 0.0600. The van der Waals surface area contributed by atoms with Crippen LogP contribution in [0.25, 0.3) is 10.8 Å². The fourth-order valence-corrected chi connectivity index (χ4v) is 1.40. The second-order valence-electron chi connectivity index (χ2n) is 2.97. The summed E-state index contributed by atoms with van der Waals surface area (Å²) in [6.07, 6.45) is 1.12. The maximum atomic E-state index is 11.4. The Balaban J connectivity index is 2.83. The average Bonchev–Trinajstić information content (AvgIpc) is 2.29. The van der Waals surface area contributed by atoms with Crippen molar-refractivity contribution in [2.24, 2.45) is 0 Å². The lowest BCUT2D eigenvalue weighted by Gasteiger charge is -2.01. The molecule has 0 radical (unpaired) electrons. The molecule has 0 aliphatic rings. The molecule has 2 aromatic rings. The number of fused-ring (bicyclic) bond motifs is 1. The first-order valence-corrected chi connectivity index (χ1v) is 4.33. The molecule has 0 atom stereocenters. The number of benzene rings is 1. The van der Waals surface area contributed by atoms with Gasteiger partial charge in [-0.05, 0) is 6.07 Å². The highest BCUT2D eigenvalue weighted by atomic mass is 16.5. The van der Waals surface area contributed by atoms with E-state index in [1.165, 1.54) is 7.11 Å². The van der Waals surface area contributed by atoms with Gasteiger partial charge in [-0.1, -0.05) is 18.2 Å². The van der Waals surface area contributed by atoms with E-state index in [2.05, 4.69) is 4.74 Å². The molecule has 0 amide bonds. The predicted octanol–water partition coefficient (Wildman–Crippen LogP) is 1.58. The molecule has 0 fully saturated rings. The summed E-state index contributed by atoms with van der Waals surface area (Å²) in [5.41, 5.74) is -0.203. The van der Waals surface area contributed by atoms with Crippen molar-refractivity contribution in [1.82, 2.24) is 0 Å². The van der Waals surface area contributed by atoms with Gasteiger partial charge in [0, 0.05) is 5.39 Å². The monoisotopic (exact) mass is 204 g/mol. The van der Waals surface area contributed by atoms with Crippen molar-refractivity contribution in [2.75, 3.05) is 7.11 Å². The Hall–Kier alpha value is -2.10. The van der Waals surface area contributed by atoms with Gasteiger partial charge in [0.15, 0.2) is 0 Å². The van der Waals surface area contributed by atoms with Crippen LogP contribution in [-0.4, -0.2) is 13.1 Å². The van der Waals surface area contributed by atoms with Crippen molar-refractivity contribution in [3.63, 3.8) is 0 Å². The molecular weight excluding hydrogens is 196 g/mol. The van der Waals surface area contributed by atoms with Gasteiger partial charge >= 0.3 is 11.6 Å². The molecule has 0 spiro atoms. The summed E-state index contributed by atoms with van der Waals surface area (Å²) in [6, 6.07) is 6.74. The molecule has 0 aliphatic carbocycles. The maximum Gasteiger partial charge on any atom is 0.343 e. The van der Waals surface area contributed by atoms with E-state index in [0.717, 1.165) is 6.26 Å². The first kappa shape index (κ1) is 9.45. The van der Waals surface area contributed by atoms with E-state index in [1.54, 1.807) is 24.3 Å². The largest absolute Gasteiger partial charge is 0.465 e. The Morgan fingerprint density at radius 3 is 2.60 bits per heavy atom. The first-order valence-electron chi connectivity index (χ1n) is 4.33. The van der Waals surface area contributed by atoms with Gasteiger partial charge in [-0.15, -0.1) is 0 Å². The molecule has 1 aromatic heterocycles. The summed E-state index contributed by atoms with van der Waals surface area (Å²) >= 11 is 0. The number of methoxy groups -OCH3 is 1. The van der Waals surface area contributed by atoms with Gasteiger partial charge in [0.25, 0.3) is 0 Å². The van der Waals surface area contributed by atoms with Crippen molar-refractivity contribution < 1.29 is 13.9 Å². The van der Waals surface area contributed by atoms with Crippen molar-refractivity contribution in [1.29, 1.82) is 0 Å². The molecule has 1 aromatic carbocycles. The number of rotatable bonds is 1. The van der Waals surface area contributed by atoms with Crippen LogP contribution in [0.1, 0.15) is 10.4 Å². The second kappa shape index (κ2) is 3.57. The third-order valence-corrected chi connectivity index (χ3v) is 2.13. The van der Waals surface area contributed by atoms with Crippen LogP contribution in [-0.2, 0) is 4.74 Å². The molecule has 15 heavy (non-hydrogen) atoms. The lowest BCUT2D eigenvalue weighted by Crippen LogP contribution is -2.07. The van der Waals surface area contributed by atoms with Crippen molar-refractivity contribution in [3.05, 3.63) is 46.5 Å². The number of ether oxygens (including phenoxy) is 1.